The molecule has 1 saturated heterocycles. The van der Waals surface area contributed by atoms with Gasteiger partial charge in [0.15, 0.2) is 0 Å². The lowest BCUT2D eigenvalue weighted by atomic mass is 9.86. The third-order valence-corrected chi connectivity index (χ3v) is 4.79. The Morgan fingerprint density at radius 1 is 1.06 bits per heavy atom. The number of likely N-dealkylation sites (tertiary alicyclic amines) is 1. The Hall–Kier alpha value is -0.0800. The van der Waals surface area contributed by atoms with Crippen molar-refractivity contribution in [3.8, 4) is 0 Å². The molecule has 1 aliphatic heterocycles. The van der Waals surface area contributed by atoms with Gasteiger partial charge < -0.3 is 5.73 Å². The molecular weight excluding hydrogens is 196 g/mol. The highest BCUT2D eigenvalue weighted by molar-refractivity contribution is 5.02. The van der Waals surface area contributed by atoms with E-state index in [9.17, 15) is 0 Å². The molecule has 0 spiro atoms. The maximum atomic E-state index is 6.14. The molecule has 0 bridgehead atoms. The maximum Gasteiger partial charge on any atom is 0.0357 e. The molecule has 0 aromatic rings. The van der Waals surface area contributed by atoms with Gasteiger partial charge in [0.05, 0.1) is 0 Å². The van der Waals surface area contributed by atoms with Gasteiger partial charge in [-0.3, -0.25) is 4.90 Å². The van der Waals surface area contributed by atoms with Gasteiger partial charge in [-0.05, 0) is 51.1 Å². The second kappa shape index (κ2) is 5.50. The van der Waals surface area contributed by atoms with Crippen molar-refractivity contribution in [2.45, 2.75) is 63.8 Å². The molecule has 2 heteroatoms. The first kappa shape index (κ1) is 12.4. The van der Waals surface area contributed by atoms with Gasteiger partial charge in [0.25, 0.3) is 0 Å². The Kier molecular flexibility index (Phi) is 4.26. The molecule has 1 aliphatic carbocycles. The maximum absolute atomic E-state index is 6.14. The van der Waals surface area contributed by atoms with Crippen LogP contribution >= 0.6 is 0 Å². The van der Waals surface area contributed by atoms with E-state index in [2.05, 4.69) is 11.8 Å². The third-order valence-electron chi connectivity index (χ3n) is 4.79. The van der Waals surface area contributed by atoms with Crippen molar-refractivity contribution in [2.75, 3.05) is 19.6 Å². The normalized spacial score (nSPS) is 28.1. The molecule has 1 heterocycles. The largest absolute Gasteiger partial charge is 0.329 e. The van der Waals surface area contributed by atoms with Crippen LogP contribution in [0.2, 0.25) is 0 Å². The van der Waals surface area contributed by atoms with Crippen LogP contribution in [-0.2, 0) is 0 Å². The summed E-state index contributed by atoms with van der Waals surface area (Å²) < 4.78 is 0. The molecule has 2 fully saturated rings. The zero-order chi connectivity index (χ0) is 11.4. The zero-order valence-electron chi connectivity index (χ0n) is 10.9. The van der Waals surface area contributed by atoms with Gasteiger partial charge in [-0.1, -0.05) is 26.2 Å². The minimum absolute atomic E-state index is 0.358. The first-order valence-corrected chi connectivity index (χ1v) is 7.28. The van der Waals surface area contributed by atoms with Crippen LogP contribution in [0.15, 0.2) is 0 Å². The van der Waals surface area contributed by atoms with Crippen molar-refractivity contribution >= 4 is 0 Å². The fourth-order valence-corrected chi connectivity index (χ4v) is 3.52. The number of nitrogens with two attached hydrogens (primary N) is 1. The lowest BCUT2D eigenvalue weighted by molar-refractivity contribution is 0.0599. The molecule has 2 nitrogen and oxygen atoms in total. The highest BCUT2D eigenvalue weighted by Gasteiger charge is 2.46. The van der Waals surface area contributed by atoms with E-state index in [1.807, 2.05) is 0 Å². The van der Waals surface area contributed by atoms with E-state index in [-0.39, 0.29) is 0 Å². The van der Waals surface area contributed by atoms with E-state index in [0.29, 0.717) is 5.54 Å². The SMILES string of the molecule is CCC(CN)(C1CC1)N1CCCCCCC1. The van der Waals surface area contributed by atoms with Gasteiger partial charge >= 0.3 is 0 Å². The first-order chi connectivity index (χ1) is 7.83. The molecular formula is C14H28N2. The fourth-order valence-electron chi connectivity index (χ4n) is 3.52. The molecule has 2 N–H and O–H groups in total. The molecule has 1 atom stereocenters. The lowest BCUT2D eigenvalue weighted by Crippen LogP contribution is -2.56. The van der Waals surface area contributed by atoms with Crippen molar-refractivity contribution < 1.29 is 0 Å². The quantitative estimate of drug-likeness (QED) is 0.795. The second-order valence-electron chi connectivity index (χ2n) is 5.69. The van der Waals surface area contributed by atoms with Gasteiger partial charge in [0, 0.05) is 12.1 Å². The average Bonchev–Trinajstić information content (AvgIpc) is 3.07. The van der Waals surface area contributed by atoms with E-state index in [1.165, 1.54) is 64.5 Å². The molecule has 0 radical (unpaired) electrons. The minimum atomic E-state index is 0.358. The highest BCUT2D eigenvalue weighted by Crippen LogP contribution is 2.45. The van der Waals surface area contributed by atoms with Crippen LogP contribution in [0.3, 0.4) is 0 Å². The van der Waals surface area contributed by atoms with Gasteiger partial charge in [-0.15, -0.1) is 0 Å². The summed E-state index contributed by atoms with van der Waals surface area (Å²) in [6.07, 6.45) is 11.1. The monoisotopic (exact) mass is 224 g/mol. The van der Waals surface area contributed by atoms with Crippen molar-refractivity contribution in [3.63, 3.8) is 0 Å². The predicted octanol–water partition coefficient (Wildman–Crippen LogP) is 2.77. The van der Waals surface area contributed by atoms with Gasteiger partial charge in [-0.2, -0.15) is 0 Å². The molecule has 2 aliphatic rings. The second-order valence-corrected chi connectivity index (χ2v) is 5.69. The third kappa shape index (κ3) is 2.43. The molecule has 0 aromatic carbocycles. The first-order valence-electron chi connectivity index (χ1n) is 7.28. The van der Waals surface area contributed by atoms with E-state index in [1.54, 1.807) is 0 Å². The van der Waals surface area contributed by atoms with Crippen LogP contribution in [0, 0.1) is 5.92 Å². The van der Waals surface area contributed by atoms with Crippen molar-refractivity contribution in [2.24, 2.45) is 11.7 Å². The molecule has 1 saturated carbocycles. The molecule has 2 rings (SSSR count). The average molecular weight is 224 g/mol. The summed E-state index contributed by atoms with van der Waals surface area (Å²) in [5.74, 6) is 0.905. The van der Waals surface area contributed by atoms with Crippen LogP contribution in [0.25, 0.3) is 0 Å². The van der Waals surface area contributed by atoms with Gasteiger partial charge in [0.1, 0.15) is 0 Å². The van der Waals surface area contributed by atoms with E-state index >= 15 is 0 Å². The Morgan fingerprint density at radius 3 is 2.06 bits per heavy atom. The topological polar surface area (TPSA) is 29.3 Å². The summed E-state index contributed by atoms with van der Waals surface area (Å²) in [5.41, 5.74) is 6.50. The summed E-state index contributed by atoms with van der Waals surface area (Å²) in [6.45, 7) is 5.79. The summed E-state index contributed by atoms with van der Waals surface area (Å²) in [5, 5.41) is 0. The van der Waals surface area contributed by atoms with E-state index < -0.39 is 0 Å². The van der Waals surface area contributed by atoms with Crippen molar-refractivity contribution in [1.82, 2.24) is 4.90 Å². The predicted molar refractivity (Wildman–Crippen MR) is 69.5 cm³/mol. The fraction of sp³-hybridized carbons (Fsp3) is 1.00. The standard InChI is InChI=1S/C14H28N2/c1-2-14(12-15,13-8-9-13)16-10-6-4-3-5-7-11-16/h13H,2-12,15H2,1H3. The summed E-state index contributed by atoms with van der Waals surface area (Å²) in [7, 11) is 0. The summed E-state index contributed by atoms with van der Waals surface area (Å²) >= 11 is 0. The molecule has 94 valence electrons. The Labute approximate surface area is 101 Å². The van der Waals surface area contributed by atoms with Gasteiger partial charge in [0.2, 0.25) is 0 Å². The van der Waals surface area contributed by atoms with Crippen molar-refractivity contribution in [3.05, 3.63) is 0 Å². The molecule has 16 heavy (non-hydrogen) atoms. The number of rotatable bonds is 4. The van der Waals surface area contributed by atoms with Gasteiger partial charge in [-0.25, -0.2) is 0 Å². The molecule has 0 aromatic heterocycles. The lowest BCUT2D eigenvalue weighted by Gasteiger charge is -2.44. The number of hydrogen-bond acceptors (Lipinski definition) is 2. The highest BCUT2D eigenvalue weighted by atomic mass is 15.2. The van der Waals surface area contributed by atoms with Crippen LogP contribution in [0.1, 0.15) is 58.3 Å². The summed E-state index contributed by atoms with van der Waals surface area (Å²) in [4.78, 5) is 2.75. The van der Waals surface area contributed by atoms with Crippen molar-refractivity contribution in [1.29, 1.82) is 0 Å². The minimum Gasteiger partial charge on any atom is -0.329 e. The Morgan fingerprint density at radius 2 is 1.62 bits per heavy atom. The molecule has 1 unspecified atom stereocenters. The smallest absolute Gasteiger partial charge is 0.0357 e. The number of hydrogen-bond donors (Lipinski definition) is 1. The zero-order valence-corrected chi connectivity index (χ0v) is 10.9. The van der Waals surface area contributed by atoms with E-state index in [0.717, 1.165) is 12.5 Å². The van der Waals surface area contributed by atoms with Crippen LogP contribution in [-0.4, -0.2) is 30.1 Å². The Balaban J connectivity index is 2.04. The molecule has 0 amide bonds. The van der Waals surface area contributed by atoms with E-state index in [4.69, 9.17) is 5.73 Å². The number of nitrogens with zero attached hydrogens (tertiary/aromatic N) is 1. The summed E-state index contributed by atoms with van der Waals surface area (Å²) in [6, 6.07) is 0. The van der Waals surface area contributed by atoms with Crippen LogP contribution < -0.4 is 5.73 Å². The Bertz CT molecular complexity index is 199. The van der Waals surface area contributed by atoms with Crippen LogP contribution in [0.5, 0.6) is 0 Å². The van der Waals surface area contributed by atoms with Crippen LogP contribution in [0.4, 0.5) is 0 Å².